The van der Waals surface area contributed by atoms with Crippen molar-refractivity contribution in [3.63, 3.8) is 0 Å². The van der Waals surface area contributed by atoms with Gasteiger partial charge in [0.15, 0.2) is 0 Å². The standard InChI is InChI=1S/C4H9NOS/c1-6-4-2-3-5-7-4/h4-5H,2-3H2,1H3. The lowest BCUT2D eigenvalue weighted by Gasteiger charge is -2.00. The predicted molar refractivity (Wildman–Crippen MR) is 31.0 cm³/mol. The number of hydrogen-bond acceptors (Lipinski definition) is 3. The molecule has 0 aliphatic carbocycles. The van der Waals surface area contributed by atoms with Gasteiger partial charge in [0.2, 0.25) is 0 Å². The summed E-state index contributed by atoms with van der Waals surface area (Å²) in [6.07, 6.45) is 1.14. The molecule has 1 rings (SSSR count). The maximum Gasteiger partial charge on any atom is 0.118 e. The van der Waals surface area contributed by atoms with Crippen LogP contribution in [0.1, 0.15) is 6.42 Å². The van der Waals surface area contributed by atoms with E-state index in [1.54, 1.807) is 19.1 Å². The van der Waals surface area contributed by atoms with Gasteiger partial charge in [-0.3, -0.25) is 4.72 Å². The smallest absolute Gasteiger partial charge is 0.118 e. The number of nitrogens with one attached hydrogen (secondary N) is 1. The SMILES string of the molecule is COC1CCNS1. The molecule has 1 fully saturated rings. The lowest BCUT2D eigenvalue weighted by Crippen LogP contribution is -1.98. The summed E-state index contributed by atoms with van der Waals surface area (Å²) < 4.78 is 8.13. The third-order valence-electron chi connectivity index (χ3n) is 0.960. The molecule has 1 saturated heterocycles. The van der Waals surface area contributed by atoms with Crippen LogP contribution in [0.25, 0.3) is 0 Å². The van der Waals surface area contributed by atoms with Gasteiger partial charge in [0.1, 0.15) is 5.44 Å². The molecule has 0 aromatic rings. The van der Waals surface area contributed by atoms with Crippen LogP contribution in [-0.2, 0) is 4.74 Å². The minimum atomic E-state index is 0.403. The van der Waals surface area contributed by atoms with Crippen LogP contribution in [0.4, 0.5) is 0 Å². The van der Waals surface area contributed by atoms with Crippen molar-refractivity contribution in [2.45, 2.75) is 11.9 Å². The van der Waals surface area contributed by atoms with Gasteiger partial charge in [0.25, 0.3) is 0 Å². The molecule has 0 aromatic carbocycles. The van der Waals surface area contributed by atoms with E-state index in [-0.39, 0.29) is 0 Å². The number of ether oxygens (including phenoxy) is 1. The Balaban J connectivity index is 2.14. The Morgan fingerprint density at radius 2 is 2.71 bits per heavy atom. The Morgan fingerprint density at radius 3 is 3.00 bits per heavy atom. The predicted octanol–water partition coefficient (Wildman–Crippen LogP) is 0.600. The first-order chi connectivity index (χ1) is 3.43. The van der Waals surface area contributed by atoms with Crippen molar-refractivity contribution in [2.75, 3.05) is 13.7 Å². The fraction of sp³-hybridized carbons (Fsp3) is 1.00. The average Bonchev–Trinajstić information content (AvgIpc) is 2.14. The summed E-state index contributed by atoms with van der Waals surface area (Å²) in [5.74, 6) is 0. The molecule has 42 valence electrons. The molecule has 1 atom stereocenters. The summed E-state index contributed by atoms with van der Waals surface area (Å²) in [7, 11) is 1.74. The summed E-state index contributed by atoms with van der Waals surface area (Å²) in [6.45, 7) is 1.09. The van der Waals surface area contributed by atoms with Gasteiger partial charge in [0.05, 0.1) is 0 Å². The van der Waals surface area contributed by atoms with Gasteiger partial charge in [-0.1, -0.05) is 0 Å². The maximum absolute atomic E-state index is 5.01. The molecule has 0 spiro atoms. The summed E-state index contributed by atoms with van der Waals surface area (Å²) in [4.78, 5) is 0. The van der Waals surface area contributed by atoms with E-state index in [0.29, 0.717) is 5.44 Å². The number of methoxy groups -OCH3 is 1. The van der Waals surface area contributed by atoms with Crippen LogP contribution in [-0.4, -0.2) is 19.1 Å². The number of hydrogen-bond donors (Lipinski definition) is 1. The summed E-state index contributed by atoms with van der Waals surface area (Å²) >= 11 is 1.67. The first-order valence-electron chi connectivity index (χ1n) is 2.35. The van der Waals surface area contributed by atoms with Crippen molar-refractivity contribution in [1.29, 1.82) is 0 Å². The molecule has 1 aliphatic rings. The second-order valence-corrected chi connectivity index (χ2v) is 2.52. The van der Waals surface area contributed by atoms with Gasteiger partial charge >= 0.3 is 0 Å². The molecule has 1 unspecified atom stereocenters. The van der Waals surface area contributed by atoms with E-state index in [9.17, 15) is 0 Å². The highest BCUT2D eigenvalue weighted by Crippen LogP contribution is 2.16. The van der Waals surface area contributed by atoms with Gasteiger partial charge < -0.3 is 4.74 Å². The molecular weight excluding hydrogens is 110 g/mol. The molecule has 0 bridgehead atoms. The monoisotopic (exact) mass is 119 g/mol. The van der Waals surface area contributed by atoms with E-state index in [4.69, 9.17) is 4.74 Å². The van der Waals surface area contributed by atoms with E-state index >= 15 is 0 Å². The topological polar surface area (TPSA) is 21.3 Å². The zero-order valence-electron chi connectivity index (χ0n) is 4.31. The molecule has 0 amide bonds. The van der Waals surface area contributed by atoms with Gasteiger partial charge in [-0.25, -0.2) is 0 Å². The highest BCUT2D eigenvalue weighted by molar-refractivity contribution is 7.98. The lowest BCUT2D eigenvalue weighted by atomic mass is 10.5. The minimum Gasteiger partial charge on any atom is -0.369 e. The van der Waals surface area contributed by atoms with Crippen molar-refractivity contribution >= 4 is 11.9 Å². The van der Waals surface area contributed by atoms with Crippen LogP contribution in [0.5, 0.6) is 0 Å². The molecule has 1 aliphatic heterocycles. The Morgan fingerprint density at radius 1 is 1.86 bits per heavy atom. The first-order valence-corrected chi connectivity index (χ1v) is 3.23. The van der Waals surface area contributed by atoms with Gasteiger partial charge in [-0.2, -0.15) is 0 Å². The van der Waals surface area contributed by atoms with Crippen LogP contribution in [0.3, 0.4) is 0 Å². The maximum atomic E-state index is 5.01. The van der Waals surface area contributed by atoms with Crippen molar-refractivity contribution in [3.05, 3.63) is 0 Å². The van der Waals surface area contributed by atoms with E-state index in [1.165, 1.54) is 0 Å². The summed E-state index contributed by atoms with van der Waals surface area (Å²) in [5.41, 5.74) is 0.403. The van der Waals surface area contributed by atoms with Crippen LogP contribution >= 0.6 is 11.9 Å². The zero-order chi connectivity index (χ0) is 5.11. The second-order valence-electron chi connectivity index (χ2n) is 1.47. The molecular formula is C4H9NOS. The first kappa shape index (κ1) is 5.41. The molecule has 2 nitrogen and oxygen atoms in total. The molecule has 0 aromatic heterocycles. The Hall–Kier alpha value is 0.270. The van der Waals surface area contributed by atoms with E-state index in [2.05, 4.69) is 4.72 Å². The fourth-order valence-electron chi connectivity index (χ4n) is 0.554. The fourth-order valence-corrected chi connectivity index (χ4v) is 1.31. The molecule has 7 heavy (non-hydrogen) atoms. The van der Waals surface area contributed by atoms with E-state index in [0.717, 1.165) is 13.0 Å². The normalized spacial score (nSPS) is 31.3. The Bertz CT molecular complexity index is 53.7. The lowest BCUT2D eigenvalue weighted by molar-refractivity contribution is 0.173. The van der Waals surface area contributed by atoms with Crippen molar-refractivity contribution in [1.82, 2.24) is 4.72 Å². The molecule has 0 radical (unpaired) electrons. The third kappa shape index (κ3) is 1.33. The number of rotatable bonds is 1. The van der Waals surface area contributed by atoms with Crippen LogP contribution < -0.4 is 4.72 Å². The quantitative estimate of drug-likeness (QED) is 0.511. The largest absolute Gasteiger partial charge is 0.369 e. The van der Waals surface area contributed by atoms with Crippen molar-refractivity contribution in [2.24, 2.45) is 0 Å². The van der Waals surface area contributed by atoms with Crippen LogP contribution in [0, 0.1) is 0 Å². The summed E-state index contributed by atoms with van der Waals surface area (Å²) in [6, 6.07) is 0. The van der Waals surface area contributed by atoms with Gasteiger partial charge in [-0.15, -0.1) is 0 Å². The zero-order valence-corrected chi connectivity index (χ0v) is 5.12. The molecule has 1 heterocycles. The molecule has 0 saturated carbocycles. The molecule has 1 N–H and O–H groups in total. The Labute approximate surface area is 47.8 Å². The van der Waals surface area contributed by atoms with Gasteiger partial charge in [-0.05, 0) is 18.4 Å². The van der Waals surface area contributed by atoms with Crippen LogP contribution in [0.2, 0.25) is 0 Å². The second kappa shape index (κ2) is 2.55. The van der Waals surface area contributed by atoms with Crippen LogP contribution in [0.15, 0.2) is 0 Å². The van der Waals surface area contributed by atoms with E-state index < -0.39 is 0 Å². The summed E-state index contributed by atoms with van der Waals surface area (Å²) in [5, 5.41) is 0. The highest BCUT2D eigenvalue weighted by atomic mass is 32.2. The highest BCUT2D eigenvalue weighted by Gasteiger charge is 2.12. The third-order valence-corrected chi connectivity index (χ3v) is 2.02. The average molecular weight is 119 g/mol. The minimum absolute atomic E-state index is 0.403. The Kier molecular flexibility index (Phi) is 1.97. The van der Waals surface area contributed by atoms with Crippen molar-refractivity contribution in [3.8, 4) is 0 Å². The van der Waals surface area contributed by atoms with Crippen molar-refractivity contribution < 1.29 is 4.74 Å². The van der Waals surface area contributed by atoms with Gasteiger partial charge in [0, 0.05) is 13.7 Å². The molecule has 3 heteroatoms. The van der Waals surface area contributed by atoms with E-state index in [1.807, 2.05) is 0 Å².